The molecule has 0 saturated heterocycles. The van der Waals surface area contributed by atoms with Crippen molar-refractivity contribution in [2.45, 2.75) is 13.8 Å². The molecule has 2 aromatic rings. The fraction of sp³-hybridized carbons (Fsp3) is 0.111. The van der Waals surface area contributed by atoms with Crippen LogP contribution in [0, 0.1) is 35.3 Å². The number of carbonyl (C=O) groups is 1. The smallest absolute Gasteiger partial charge is 0.271 e. The van der Waals surface area contributed by atoms with E-state index in [2.05, 4.69) is 10.6 Å². The van der Waals surface area contributed by atoms with E-state index >= 15 is 0 Å². The lowest BCUT2D eigenvalue weighted by molar-refractivity contribution is -0.384. The Balaban J connectivity index is 2.14. The van der Waals surface area contributed by atoms with Gasteiger partial charge in [-0.05, 0) is 31.5 Å². The Morgan fingerprint density at radius 3 is 2.64 bits per heavy atom. The summed E-state index contributed by atoms with van der Waals surface area (Å²) >= 11 is 0. The standard InChI is InChI=1S/C18H16N4O3/c1-12-6-7-17(13(2)8-12)21-18(23)14(10-19)11-20-15-4-3-5-16(9-15)22(24)25/h3-9,11,20H,1-2H3,(H,21,23)/b14-11-. The van der Waals surface area contributed by atoms with Gasteiger partial charge in [0.2, 0.25) is 0 Å². The predicted octanol–water partition coefficient (Wildman–Crippen LogP) is 3.67. The largest absolute Gasteiger partial charge is 0.360 e. The number of anilines is 2. The molecule has 126 valence electrons. The fourth-order valence-corrected chi connectivity index (χ4v) is 2.16. The second kappa shape index (κ2) is 7.75. The maximum Gasteiger partial charge on any atom is 0.271 e. The van der Waals surface area contributed by atoms with E-state index in [1.807, 2.05) is 32.0 Å². The van der Waals surface area contributed by atoms with E-state index in [4.69, 9.17) is 0 Å². The second-order valence-electron chi connectivity index (χ2n) is 5.39. The molecular formula is C18H16N4O3. The molecule has 0 aliphatic carbocycles. The first-order chi connectivity index (χ1) is 11.9. The minimum absolute atomic E-state index is 0.0864. The molecule has 0 radical (unpaired) electrons. The Bertz CT molecular complexity index is 897. The molecule has 0 saturated carbocycles. The Morgan fingerprint density at radius 2 is 2.00 bits per heavy atom. The van der Waals surface area contributed by atoms with Crippen molar-refractivity contribution in [1.82, 2.24) is 0 Å². The zero-order valence-corrected chi connectivity index (χ0v) is 13.7. The number of nitrogens with zero attached hydrogens (tertiary/aromatic N) is 2. The summed E-state index contributed by atoms with van der Waals surface area (Å²) in [4.78, 5) is 22.5. The Kier molecular flexibility index (Phi) is 5.48. The maximum absolute atomic E-state index is 12.2. The van der Waals surface area contributed by atoms with Gasteiger partial charge in [-0.25, -0.2) is 0 Å². The lowest BCUT2D eigenvalue weighted by Crippen LogP contribution is -2.15. The minimum atomic E-state index is -0.563. The lowest BCUT2D eigenvalue weighted by atomic mass is 10.1. The number of benzene rings is 2. The molecule has 1 amide bonds. The Hall–Kier alpha value is -3.66. The van der Waals surface area contributed by atoms with Gasteiger partial charge in [0.05, 0.1) is 4.92 Å². The lowest BCUT2D eigenvalue weighted by Gasteiger charge is -2.09. The van der Waals surface area contributed by atoms with Crippen LogP contribution in [0.15, 0.2) is 54.2 Å². The van der Waals surface area contributed by atoms with Crippen molar-refractivity contribution < 1.29 is 9.72 Å². The average Bonchev–Trinajstić information content (AvgIpc) is 2.58. The highest BCUT2D eigenvalue weighted by Crippen LogP contribution is 2.18. The highest BCUT2D eigenvalue weighted by molar-refractivity contribution is 6.07. The van der Waals surface area contributed by atoms with E-state index in [0.717, 1.165) is 11.1 Å². The van der Waals surface area contributed by atoms with Crippen molar-refractivity contribution >= 4 is 23.0 Å². The molecule has 0 atom stereocenters. The van der Waals surface area contributed by atoms with Gasteiger partial charge in [-0.1, -0.05) is 23.8 Å². The van der Waals surface area contributed by atoms with Crippen LogP contribution >= 0.6 is 0 Å². The Morgan fingerprint density at radius 1 is 1.24 bits per heavy atom. The number of rotatable bonds is 5. The van der Waals surface area contributed by atoms with Crippen LogP contribution in [0.5, 0.6) is 0 Å². The van der Waals surface area contributed by atoms with Gasteiger partial charge in [0.1, 0.15) is 11.6 Å². The number of hydrogen-bond acceptors (Lipinski definition) is 5. The fourth-order valence-electron chi connectivity index (χ4n) is 2.16. The maximum atomic E-state index is 12.2. The molecule has 7 heteroatoms. The number of nitrogens with one attached hydrogen (secondary N) is 2. The summed E-state index contributed by atoms with van der Waals surface area (Å²) in [7, 11) is 0. The van der Waals surface area contributed by atoms with Gasteiger partial charge in [-0.15, -0.1) is 0 Å². The first-order valence-corrected chi connectivity index (χ1v) is 7.40. The molecular weight excluding hydrogens is 320 g/mol. The van der Waals surface area contributed by atoms with Crippen molar-refractivity contribution in [3.05, 3.63) is 75.5 Å². The number of nitriles is 1. The summed E-state index contributed by atoms with van der Waals surface area (Å²) in [6, 6.07) is 13.1. The van der Waals surface area contributed by atoms with E-state index < -0.39 is 10.8 Å². The zero-order chi connectivity index (χ0) is 18.4. The molecule has 2 N–H and O–H groups in total. The van der Waals surface area contributed by atoms with Gasteiger partial charge in [0.15, 0.2) is 0 Å². The molecule has 0 spiro atoms. The average molecular weight is 336 g/mol. The van der Waals surface area contributed by atoms with Crippen LogP contribution in [0.3, 0.4) is 0 Å². The summed E-state index contributed by atoms with van der Waals surface area (Å²) in [5.74, 6) is -0.563. The van der Waals surface area contributed by atoms with Crippen LogP contribution in [0.4, 0.5) is 17.1 Å². The van der Waals surface area contributed by atoms with Gasteiger partial charge in [-0.2, -0.15) is 5.26 Å². The van der Waals surface area contributed by atoms with Gasteiger partial charge in [-0.3, -0.25) is 14.9 Å². The molecule has 0 unspecified atom stereocenters. The molecule has 0 aliphatic rings. The third kappa shape index (κ3) is 4.65. The number of nitro benzene ring substituents is 1. The first-order valence-electron chi connectivity index (χ1n) is 7.40. The normalized spacial score (nSPS) is 10.7. The summed E-state index contributed by atoms with van der Waals surface area (Å²) in [5.41, 5.74) is 2.74. The highest BCUT2D eigenvalue weighted by Gasteiger charge is 2.11. The summed E-state index contributed by atoms with van der Waals surface area (Å²) in [5, 5.41) is 25.3. The quantitative estimate of drug-likeness (QED) is 0.375. The third-order valence-electron chi connectivity index (χ3n) is 3.44. The predicted molar refractivity (Wildman–Crippen MR) is 95.0 cm³/mol. The summed E-state index contributed by atoms with van der Waals surface area (Å²) < 4.78 is 0. The van der Waals surface area contributed by atoms with Crippen LogP contribution in [0.2, 0.25) is 0 Å². The minimum Gasteiger partial charge on any atom is -0.360 e. The SMILES string of the molecule is Cc1ccc(NC(=O)/C(C#N)=C\Nc2cccc([N+](=O)[O-])c2)c(C)c1. The Labute approximate surface area is 144 Å². The van der Waals surface area contributed by atoms with Gasteiger partial charge < -0.3 is 10.6 Å². The van der Waals surface area contributed by atoms with Crippen molar-refractivity contribution in [1.29, 1.82) is 5.26 Å². The molecule has 0 aliphatic heterocycles. The third-order valence-corrected chi connectivity index (χ3v) is 3.44. The van der Waals surface area contributed by atoms with Crippen molar-refractivity contribution in [2.24, 2.45) is 0 Å². The van der Waals surface area contributed by atoms with Crippen LogP contribution in [0.1, 0.15) is 11.1 Å². The summed E-state index contributed by atoms with van der Waals surface area (Å²) in [6.45, 7) is 3.81. The first kappa shape index (κ1) is 17.7. The van der Waals surface area contributed by atoms with Crippen LogP contribution in [0.25, 0.3) is 0 Å². The monoisotopic (exact) mass is 336 g/mol. The number of nitro groups is 1. The van der Waals surface area contributed by atoms with Crippen molar-refractivity contribution in [2.75, 3.05) is 10.6 Å². The molecule has 0 heterocycles. The molecule has 2 rings (SSSR count). The zero-order valence-electron chi connectivity index (χ0n) is 13.7. The highest BCUT2D eigenvalue weighted by atomic mass is 16.6. The van der Waals surface area contributed by atoms with Crippen molar-refractivity contribution in [3.63, 3.8) is 0 Å². The van der Waals surface area contributed by atoms with E-state index in [-0.39, 0.29) is 11.3 Å². The van der Waals surface area contributed by atoms with E-state index in [0.29, 0.717) is 11.4 Å². The van der Waals surface area contributed by atoms with Crippen LogP contribution < -0.4 is 10.6 Å². The number of hydrogen-bond donors (Lipinski definition) is 2. The number of carbonyl (C=O) groups excluding carboxylic acids is 1. The van der Waals surface area contributed by atoms with Crippen molar-refractivity contribution in [3.8, 4) is 6.07 Å². The molecule has 25 heavy (non-hydrogen) atoms. The van der Waals surface area contributed by atoms with Gasteiger partial charge in [0.25, 0.3) is 11.6 Å². The topological polar surface area (TPSA) is 108 Å². The van der Waals surface area contributed by atoms with Gasteiger partial charge in [0, 0.05) is 29.7 Å². The number of aryl methyl sites for hydroxylation is 2. The molecule has 7 nitrogen and oxygen atoms in total. The van der Waals surface area contributed by atoms with E-state index in [9.17, 15) is 20.2 Å². The van der Waals surface area contributed by atoms with Crippen LogP contribution in [-0.4, -0.2) is 10.8 Å². The second-order valence-corrected chi connectivity index (χ2v) is 5.39. The molecule has 0 bridgehead atoms. The number of non-ortho nitro benzene ring substituents is 1. The van der Waals surface area contributed by atoms with Gasteiger partial charge >= 0.3 is 0 Å². The molecule has 0 fully saturated rings. The van der Waals surface area contributed by atoms with E-state index in [1.165, 1.54) is 24.4 Å². The summed E-state index contributed by atoms with van der Waals surface area (Å²) in [6.07, 6.45) is 1.22. The molecule has 0 aromatic heterocycles. The number of amides is 1. The van der Waals surface area contributed by atoms with Crippen LogP contribution in [-0.2, 0) is 4.79 Å². The van der Waals surface area contributed by atoms with E-state index in [1.54, 1.807) is 12.1 Å². The molecule has 2 aromatic carbocycles.